The largest absolute Gasteiger partial charge is 0.493 e. The molecule has 0 radical (unpaired) electrons. The number of nitro groups is 1. The molecule has 1 amide bonds. The van der Waals surface area contributed by atoms with E-state index >= 15 is 0 Å². The number of thioether (sulfide) groups is 1. The molecule has 0 aliphatic heterocycles. The quantitative estimate of drug-likeness (QED) is 0.226. The van der Waals surface area contributed by atoms with Crippen molar-refractivity contribution in [1.82, 2.24) is 19.8 Å². The van der Waals surface area contributed by atoms with E-state index < -0.39 is 22.3 Å². The third-order valence-corrected chi connectivity index (χ3v) is 5.58. The van der Waals surface area contributed by atoms with Crippen LogP contribution in [0, 0.1) is 15.9 Å². The molecule has 34 heavy (non-hydrogen) atoms. The van der Waals surface area contributed by atoms with Crippen LogP contribution in [-0.2, 0) is 4.79 Å². The summed E-state index contributed by atoms with van der Waals surface area (Å²) in [6.45, 7) is 0. The van der Waals surface area contributed by atoms with Crippen molar-refractivity contribution in [2.45, 2.75) is 5.03 Å². The van der Waals surface area contributed by atoms with Gasteiger partial charge in [0.2, 0.25) is 11.7 Å². The summed E-state index contributed by atoms with van der Waals surface area (Å²) in [6, 6.07) is 11.9. The van der Waals surface area contributed by atoms with E-state index in [0.717, 1.165) is 23.9 Å². The Hall–Kier alpha value is -4.26. The summed E-state index contributed by atoms with van der Waals surface area (Å²) >= 11 is 1.15. The summed E-state index contributed by atoms with van der Waals surface area (Å²) in [5, 5.41) is 26.7. The lowest BCUT2D eigenvalue weighted by Gasteiger charge is -2.09. The Balaban J connectivity index is 1.50. The van der Waals surface area contributed by atoms with E-state index in [2.05, 4.69) is 20.6 Å². The van der Waals surface area contributed by atoms with Crippen LogP contribution in [0.2, 0.25) is 0 Å². The number of ether oxygens (including phenoxy) is 2. The monoisotopic (exact) mass is 484 g/mol. The second kappa shape index (κ2) is 9.70. The van der Waals surface area contributed by atoms with Gasteiger partial charge in [0, 0.05) is 17.3 Å². The number of nitrogens with zero attached hydrogens (tertiary/aromatic N) is 5. The standard InChI is InChI=1S/C21H17FN6O5S/c1-32-16-6-3-12(9-17(16)33-2)21-25-24-18-7-8-20(26-27(18)21)34-11-19(29)23-13-4-5-14(22)15(10-13)28(30)31/h3-10H,11H2,1-2H3,(H,23,29). The number of fused-ring (bicyclic) bond motifs is 1. The van der Waals surface area contributed by atoms with E-state index in [1.54, 1.807) is 42.0 Å². The fraction of sp³-hybridized carbons (Fsp3) is 0.143. The van der Waals surface area contributed by atoms with E-state index in [-0.39, 0.29) is 11.4 Å². The molecule has 0 saturated carbocycles. The maximum atomic E-state index is 13.5. The van der Waals surface area contributed by atoms with E-state index in [9.17, 15) is 19.3 Å². The highest BCUT2D eigenvalue weighted by Gasteiger charge is 2.16. The number of benzene rings is 2. The Morgan fingerprint density at radius 2 is 1.91 bits per heavy atom. The van der Waals surface area contributed by atoms with Crippen molar-refractivity contribution in [1.29, 1.82) is 0 Å². The van der Waals surface area contributed by atoms with Crippen molar-refractivity contribution in [2.75, 3.05) is 25.3 Å². The number of rotatable bonds is 8. The SMILES string of the molecule is COc1ccc(-c2nnc3ccc(SCC(=O)Nc4ccc(F)c([N+](=O)[O-])c4)nn23)cc1OC. The van der Waals surface area contributed by atoms with Gasteiger partial charge in [-0.1, -0.05) is 11.8 Å². The number of hydrogen-bond donors (Lipinski definition) is 1. The number of methoxy groups -OCH3 is 2. The van der Waals surface area contributed by atoms with Crippen LogP contribution in [0.25, 0.3) is 17.0 Å². The lowest BCUT2D eigenvalue weighted by molar-refractivity contribution is -0.387. The average Bonchev–Trinajstić information content (AvgIpc) is 3.26. The van der Waals surface area contributed by atoms with E-state index in [0.29, 0.717) is 33.6 Å². The Labute approximate surface area is 196 Å². The molecule has 0 saturated heterocycles. The zero-order valence-electron chi connectivity index (χ0n) is 17.9. The van der Waals surface area contributed by atoms with Crippen LogP contribution in [0.3, 0.4) is 0 Å². The highest BCUT2D eigenvalue weighted by atomic mass is 32.2. The van der Waals surface area contributed by atoms with Gasteiger partial charge < -0.3 is 14.8 Å². The summed E-state index contributed by atoms with van der Waals surface area (Å²) in [5.74, 6) is 0.131. The molecule has 13 heteroatoms. The van der Waals surface area contributed by atoms with Crippen molar-refractivity contribution in [2.24, 2.45) is 0 Å². The molecule has 2 aromatic heterocycles. The van der Waals surface area contributed by atoms with Gasteiger partial charge in [0.05, 0.1) is 24.9 Å². The molecule has 174 valence electrons. The molecule has 0 bridgehead atoms. The summed E-state index contributed by atoms with van der Waals surface area (Å²) in [4.78, 5) is 22.3. The van der Waals surface area contributed by atoms with Crippen molar-refractivity contribution >= 4 is 34.7 Å². The summed E-state index contributed by atoms with van der Waals surface area (Å²) in [5.41, 5.74) is 0.622. The smallest absolute Gasteiger partial charge is 0.306 e. The van der Waals surface area contributed by atoms with Crippen LogP contribution in [0.4, 0.5) is 15.8 Å². The predicted molar refractivity (Wildman–Crippen MR) is 122 cm³/mol. The highest BCUT2D eigenvalue weighted by Crippen LogP contribution is 2.32. The van der Waals surface area contributed by atoms with Crippen LogP contribution in [-0.4, -0.2) is 50.6 Å². The highest BCUT2D eigenvalue weighted by molar-refractivity contribution is 7.99. The number of anilines is 1. The Morgan fingerprint density at radius 3 is 2.65 bits per heavy atom. The molecular weight excluding hydrogens is 467 g/mol. The second-order valence-corrected chi connectivity index (χ2v) is 7.79. The molecule has 2 heterocycles. The molecule has 0 unspecified atom stereocenters. The number of hydrogen-bond acceptors (Lipinski definition) is 9. The fourth-order valence-corrected chi connectivity index (χ4v) is 3.73. The third-order valence-electron chi connectivity index (χ3n) is 4.66. The van der Waals surface area contributed by atoms with Crippen LogP contribution >= 0.6 is 11.8 Å². The number of carbonyl (C=O) groups excluding carboxylic acids is 1. The average molecular weight is 484 g/mol. The number of amides is 1. The van der Waals surface area contributed by atoms with Crippen LogP contribution in [0.1, 0.15) is 0 Å². The molecule has 0 atom stereocenters. The van der Waals surface area contributed by atoms with Crippen molar-refractivity contribution < 1.29 is 23.6 Å². The summed E-state index contributed by atoms with van der Waals surface area (Å²) in [6.07, 6.45) is 0. The topological polar surface area (TPSA) is 134 Å². The normalized spacial score (nSPS) is 10.8. The van der Waals surface area contributed by atoms with E-state index in [1.807, 2.05) is 0 Å². The third kappa shape index (κ3) is 4.73. The predicted octanol–water partition coefficient (Wildman–Crippen LogP) is 3.59. The molecule has 0 aliphatic rings. The lowest BCUT2D eigenvalue weighted by atomic mass is 10.2. The van der Waals surface area contributed by atoms with E-state index in [4.69, 9.17) is 9.47 Å². The second-order valence-electron chi connectivity index (χ2n) is 6.80. The van der Waals surface area contributed by atoms with Gasteiger partial charge in [-0.15, -0.1) is 10.2 Å². The maximum Gasteiger partial charge on any atom is 0.306 e. The number of nitro benzene ring substituents is 1. The molecule has 0 fully saturated rings. The number of carbonyl (C=O) groups is 1. The summed E-state index contributed by atoms with van der Waals surface area (Å²) < 4.78 is 25.6. The number of aromatic nitrogens is 4. The van der Waals surface area contributed by atoms with Crippen LogP contribution in [0.15, 0.2) is 53.6 Å². The summed E-state index contributed by atoms with van der Waals surface area (Å²) in [7, 11) is 3.08. The molecule has 0 aliphatic carbocycles. The van der Waals surface area contributed by atoms with Crippen molar-refractivity contribution in [3.05, 3.63) is 64.5 Å². The maximum absolute atomic E-state index is 13.5. The van der Waals surface area contributed by atoms with Gasteiger partial charge in [0.1, 0.15) is 5.03 Å². The van der Waals surface area contributed by atoms with Crippen molar-refractivity contribution in [3.8, 4) is 22.9 Å². The molecule has 0 spiro atoms. The first kappa shape index (κ1) is 22.9. The molecule has 4 aromatic rings. The minimum absolute atomic E-state index is 0.0303. The Morgan fingerprint density at radius 1 is 1.12 bits per heavy atom. The fourth-order valence-electron chi connectivity index (χ4n) is 3.07. The minimum atomic E-state index is -0.978. The number of halogens is 1. The zero-order valence-corrected chi connectivity index (χ0v) is 18.7. The molecule has 1 N–H and O–H groups in total. The lowest BCUT2D eigenvalue weighted by Crippen LogP contribution is -2.14. The van der Waals surface area contributed by atoms with E-state index in [1.165, 1.54) is 13.2 Å². The first-order valence-corrected chi connectivity index (χ1v) is 10.7. The van der Waals surface area contributed by atoms with Gasteiger partial charge in [-0.3, -0.25) is 14.9 Å². The molecular formula is C21H17FN6O5S. The Kier molecular flexibility index (Phi) is 6.54. The Bertz CT molecular complexity index is 1400. The number of nitrogens with one attached hydrogen (secondary N) is 1. The van der Waals surface area contributed by atoms with Gasteiger partial charge in [-0.2, -0.15) is 14.0 Å². The molecule has 2 aromatic carbocycles. The van der Waals surface area contributed by atoms with Gasteiger partial charge in [-0.25, -0.2) is 0 Å². The zero-order chi connectivity index (χ0) is 24.2. The van der Waals surface area contributed by atoms with Gasteiger partial charge in [0.15, 0.2) is 23.0 Å². The van der Waals surface area contributed by atoms with Gasteiger partial charge in [0.25, 0.3) is 0 Å². The van der Waals surface area contributed by atoms with Crippen LogP contribution < -0.4 is 14.8 Å². The van der Waals surface area contributed by atoms with Crippen molar-refractivity contribution in [3.63, 3.8) is 0 Å². The molecule has 11 nitrogen and oxygen atoms in total. The minimum Gasteiger partial charge on any atom is -0.493 e. The van der Waals surface area contributed by atoms with Gasteiger partial charge >= 0.3 is 5.69 Å². The van der Waals surface area contributed by atoms with Crippen LogP contribution in [0.5, 0.6) is 11.5 Å². The first-order chi connectivity index (χ1) is 16.4. The first-order valence-electron chi connectivity index (χ1n) is 9.71. The van der Waals surface area contributed by atoms with Gasteiger partial charge in [-0.05, 0) is 42.5 Å². The molecule has 4 rings (SSSR count).